The van der Waals surface area contributed by atoms with E-state index in [0.29, 0.717) is 23.6 Å². The molecule has 1 aliphatic heterocycles. The molecule has 0 aliphatic carbocycles. The minimum Gasteiger partial charge on any atom is -0.456 e. The van der Waals surface area contributed by atoms with Crippen LogP contribution < -0.4 is 10.5 Å². The lowest BCUT2D eigenvalue weighted by Crippen LogP contribution is -2.39. The highest BCUT2D eigenvalue weighted by molar-refractivity contribution is 5.94. The molecule has 2 N–H and O–H groups in total. The fraction of sp³-hybridized carbons (Fsp3) is 0.238. The number of carbonyl (C=O) groups excluding carboxylic acids is 1. The van der Waals surface area contributed by atoms with Gasteiger partial charge in [0, 0.05) is 37.0 Å². The zero-order valence-corrected chi connectivity index (χ0v) is 15.4. The van der Waals surface area contributed by atoms with Crippen molar-refractivity contribution in [3.8, 4) is 11.5 Å². The number of likely N-dealkylation sites (tertiary alicyclic amines) is 1. The molecule has 7 heteroatoms. The van der Waals surface area contributed by atoms with Crippen molar-refractivity contribution in [2.45, 2.75) is 18.8 Å². The van der Waals surface area contributed by atoms with Gasteiger partial charge in [-0.3, -0.25) is 9.78 Å². The van der Waals surface area contributed by atoms with E-state index in [1.807, 2.05) is 23.1 Å². The third-order valence-corrected chi connectivity index (χ3v) is 4.79. The van der Waals surface area contributed by atoms with E-state index in [2.05, 4.69) is 15.0 Å². The molecule has 1 aromatic carbocycles. The van der Waals surface area contributed by atoms with E-state index in [0.717, 1.165) is 25.1 Å². The van der Waals surface area contributed by atoms with E-state index in [1.165, 1.54) is 0 Å². The summed E-state index contributed by atoms with van der Waals surface area (Å²) in [6.07, 6.45) is 6.92. The summed E-state index contributed by atoms with van der Waals surface area (Å²) in [6.45, 7) is 1.37. The summed E-state index contributed by atoms with van der Waals surface area (Å²) < 4.78 is 5.73. The Morgan fingerprint density at radius 2 is 1.96 bits per heavy atom. The molecule has 1 atom stereocenters. The smallest absolute Gasteiger partial charge is 0.253 e. The lowest BCUT2D eigenvalue weighted by atomic mass is 9.94. The van der Waals surface area contributed by atoms with E-state index in [1.54, 1.807) is 42.9 Å². The van der Waals surface area contributed by atoms with Crippen LogP contribution in [0.4, 0.5) is 5.95 Å². The molecule has 3 heterocycles. The SMILES string of the molecule is Nc1nccc(C2CCCN(C(=O)c3ccc(Oc4cccnc4)cc3)C2)n1. The van der Waals surface area contributed by atoms with E-state index in [4.69, 9.17) is 10.5 Å². The molecule has 28 heavy (non-hydrogen) atoms. The van der Waals surface area contributed by atoms with Gasteiger partial charge in [0.05, 0.1) is 11.9 Å². The zero-order chi connectivity index (χ0) is 19.3. The van der Waals surface area contributed by atoms with Gasteiger partial charge in [0.25, 0.3) is 5.91 Å². The second-order valence-corrected chi connectivity index (χ2v) is 6.75. The molecule has 3 aromatic rings. The Morgan fingerprint density at radius 3 is 2.71 bits per heavy atom. The Hall–Kier alpha value is -3.48. The number of benzene rings is 1. The Labute approximate surface area is 163 Å². The van der Waals surface area contributed by atoms with Gasteiger partial charge in [0.2, 0.25) is 5.95 Å². The second-order valence-electron chi connectivity index (χ2n) is 6.75. The largest absolute Gasteiger partial charge is 0.456 e. The molecule has 142 valence electrons. The normalized spacial score (nSPS) is 16.6. The van der Waals surface area contributed by atoms with Crippen molar-refractivity contribution in [3.05, 3.63) is 72.3 Å². The van der Waals surface area contributed by atoms with E-state index in [9.17, 15) is 4.79 Å². The lowest BCUT2D eigenvalue weighted by molar-refractivity contribution is 0.0706. The number of ether oxygens (including phenoxy) is 1. The Kier molecular flexibility index (Phi) is 5.14. The third kappa shape index (κ3) is 4.09. The van der Waals surface area contributed by atoms with Gasteiger partial charge in [0.15, 0.2) is 0 Å². The maximum Gasteiger partial charge on any atom is 0.253 e. The quantitative estimate of drug-likeness (QED) is 0.752. The highest BCUT2D eigenvalue weighted by atomic mass is 16.5. The molecule has 0 saturated carbocycles. The maximum atomic E-state index is 12.9. The molecule has 2 aromatic heterocycles. The van der Waals surface area contributed by atoms with E-state index < -0.39 is 0 Å². The van der Waals surface area contributed by atoms with Gasteiger partial charge in [-0.1, -0.05) is 0 Å². The van der Waals surface area contributed by atoms with Crippen LogP contribution in [0.2, 0.25) is 0 Å². The minimum absolute atomic E-state index is 0.0136. The second kappa shape index (κ2) is 8.04. The fourth-order valence-electron chi connectivity index (χ4n) is 3.41. The molecule has 0 radical (unpaired) electrons. The Bertz CT molecular complexity index is 947. The van der Waals surface area contributed by atoms with Crippen LogP contribution in [0.15, 0.2) is 61.1 Å². The van der Waals surface area contributed by atoms with Crippen molar-refractivity contribution in [2.75, 3.05) is 18.8 Å². The molecule has 0 bridgehead atoms. The van der Waals surface area contributed by atoms with Crippen molar-refractivity contribution in [2.24, 2.45) is 0 Å². The first-order valence-corrected chi connectivity index (χ1v) is 9.25. The summed E-state index contributed by atoms with van der Waals surface area (Å²) in [5, 5.41) is 0. The highest BCUT2D eigenvalue weighted by Gasteiger charge is 2.26. The van der Waals surface area contributed by atoms with Gasteiger partial charge in [-0.15, -0.1) is 0 Å². The van der Waals surface area contributed by atoms with Crippen LogP contribution in [0.25, 0.3) is 0 Å². The predicted octanol–water partition coefficient (Wildman–Crippen LogP) is 3.27. The average Bonchev–Trinajstić information content (AvgIpc) is 2.75. The minimum atomic E-state index is 0.0136. The summed E-state index contributed by atoms with van der Waals surface area (Å²) in [4.78, 5) is 27.1. The van der Waals surface area contributed by atoms with Crippen molar-refractivity contribution < 1.29 is 9.53 Å². The van der Waals surface area contributed by atoms with Crippen molar-refractivity contribution in [1.82, 2.24) is 19.9 Å². The molecular weight excluding hydrogens is 354 g/mol. The molecule has 1 unspecified atom stereocenters. The number of hydrogen-bond acceptors (Lipinski definition) is 6. The third-order valence-electron chi connectivity index (χ3n) is 4.79. The first kappa shape index (κ1) is 17.9. The van der Waals surface area contributed by atoms with Crippen LogP contribution >= 0.6 is 0 Å². The number of amides is 1. The molecule has 1 aliphatic rings. The number of aromatic nitrogens is 3. The topological polar surface area (TPSA) is 94.2 Å². The first-order chi connectivity index (χ1) is 13.7. The predicted molar refractivity (Wildman–Crippen MR) is 105 cm³/mol. The molecule has 4 rings (SSSR count). The van der Waals surface area contributed by atoms with Crippen LogP contribution in [0.5, 0.6) is 11.5 Å². The number of nitrogen functional groups attached to an aromatic ring is 1. The van der Waals surface area contributed by atoms with Crippen molar-refractivity contribution in [3.63, 3.8) is 0 Å². The fourth-order valence-corrected chi connectivity index (χ4v) is 3.41. The number of piperidine rings is 1. The van der Waals surface area contributed by atoms with Gasteiger partial charge in [-0.2, -0.15) is 0 Å². The zero-order valence-electron chi connectivity index (χ0n) is 15.4. The summed E-state index contributed by atoms with van der Waals surface area (Å²) in [5.74, 6) is 1.78. The summed E-state index contributed by atoms with van der Waals surface area (Å²) in [6, 6.07) is 12.7. The van der Waals surface area contributed by atoms with Gasteiger partial charge >= 0.3 is 0 Å². The molecule has 1 fully saturated rings. The summed E-state index contributed by atoms with van der Waals surface area (Å²) in [5.41, 5.74) is 7.24. The monoisotopic (exact) mass is 375 g/mol. The lowest BCUT2D eigenvalue weighted by Gasteiger charge is -2.32. The van der Waals surface area contributed by atoms with Gasteiger partial charge < -0.3 is 15.4 Å². The number of nitrogens with two attached hydrogens (primary N) is 1. The molecule has 1 saturated heterocycles. The van der Waals surface area contributed by atoms with Gasteiger partial charge in [-0.05, 0) is 55.3 Å². The Balaban J connectivity index is 1.43. The summed E-state index contributed by atoms with van der Waals surface area (Å²) >= 11 is 0. The van der Waals surface area contributed by atoms with E-state index >= 15 is 0 Å². The number of hydrogen-bond donors (Lipinski definition) is 1. The number of carbonyl (C=O) groups is 1. The van der Waals surface area contributed by atoms with Gasteiger partial charge in [0.1, 0.15) is 11.5 Å². The Morgan fingerprint density at radius 1 is 1.11 bits per heavy atom. The molecular formula is C21H21N5O2. The van der Waals surface area contributed by atoms with Crippen molar-refractivity contribution in [1.29, 1.82) is 0 Å². The van der Waals surface area contributed by atoms with Crippen LogP contribution in [0.3, 0.4) is 0 Å². The van der Waals surface area contributed by atoms with Crippen LogP contribution in [0, 0.1) is 0 Å². The van der Waals surface area contributed by atoms with Crippen LogP contribution in [-0.4, -0.2) is 38.8 Å². The van der Waals surface area contributed by atoms with Crippen molar-refractivity contribution >= 4 is 11.9 Å². The number of rotatable bonds is 4. The molecule has 1 amide bonds. The highest BCUT2D eigenvalue weighted by Crippen LogP contribution is 2.27. The average molecular weight is 375 g/mol. The number of anilines is 1. The molecule has 7 nitrogen and oxygen atoms in total. The number of nitrogens with zero attached hydrogens (tertiary/aromatic N) is 4. The van der Waals surface area contributed by atoms with Gasteiger partial charge in [-0.25, -0.2) is 9.97 Å². The molecule has 0 spiro atoms. The first-order valence-electron chi connectivity index (χ1n) is 9.25. The van der Waals surface area contributed by atoms with E-state index in [-0.39, 0.29) is 17.8 Å². The van der Waals surface area contributed by atoms with Crippen LogP contribution in [-0.2, 0) is 0 Å². The number of pyridine rings is 1. The standard InChI is InChI=1S/C21H21N5O2/c22-21-24-11-9-19(25-21)16-3-2-12-26(14-16)20(27)15-5-7-17(8-6-15)28-18-4-1-10-23-13-18/h1,4-11,13,16H,2-3,12,14H2,(H2,22,24,25). The maximum absolute atomic E-state index is 12.9. The van der Waals surface area contributed by atoms with Crippen LogP contribution in [0.1, 0.15) is 34.8 Å². The summed E-state index contributed by atoms with van der Waals surface area (Å²) in [7, 11) is 0.